The van der Waals surface area contributed by atoms with Crippen LogP contribution < -0.4 is 10.7 Å². The van der Waals surface area contributed by atoms with Crippen molar-refractivity contribution in [2.24, 2.45) is 0 Å². The van der Waals surface area contributed by atoms with E-state index in [4.69, 9.17) is 0 Å². The number of sulfone groups is 1. The lowest BCUT2D eigenvalue weighted by atomic mass is 9.82. The molecule has 25 heavy (non-hydrogen) atoms. The molecule has 0 unspecified atom stereocenters. The molecule has 134 valence electrons. The molecule has 3 rings (SSSR count). The standard InChI is InChI=1S/C16H19N3O5S/c1-25(23,24)12-7-5-11(6-8-12)13(20)18-19-14(21)16(17-15(19)22)9-3-2-4-10-16/h5-8H,2-4,9-10H2,1H3,(H,17,22)(H,18,20). The Morgan fingerprint density at radius 2 is 1.72 bits per heavy atom. The van der Waals surface area contributed by atoms with Gasteiger partial charge in [0.15, 0.2) is 9.84 Å². The maximum Gasteiger partial charge on any atom is 0.344 e. The Hall–Kier alpha value is -2.42. The molecule has 1 saturated heterocycles. The first-order chi connectivity index (χ1) is 11.7. The van der Waals surface area contributed by atoms with Gasteiger partial charge in [-0.05, 0) is 37.1 Å². The van der Waals surface area contributed by atoms with Gasteiger partial charge in [-0.25, -0.2) is 13.2 Å². The molecule has 4 amide bonds. The summed E-state index contributed by atoms with van der Waals surface area (Å²) in [5.41, 5.74) is 1.54. The van der Waals surface area contributed by atoms with Crippen LogP contribution >= 0.6 is 0 Å². The summed E-state index contributed by atoms with van der Waals surface area (Å²) in [5.74, 6) is -1.10. The molecule has 1 aliphatic carbocycles. The third-order valence-corrected chi connectivity index (χ3v) is 5.76. The summed E-state index contributed by atoms with van der Waals surface area (Å²) in [4.78, 5) is 37.1. The molecule has 0 atom stereocenters. The van der Waals surface area contributed by atoms with Gasteiger partial charge in [-0.2, -0.15) is 5.01 Å². The Balaban J connectivity index is 1.74. The largest absolute Gasteiger partial charge is 0.344 e. The number of hydrazine groups is 1. The molecule has 1 aromatic rings. The summed E-state index contributed by atoms with van der Waals surface area (Å²) in [6.45, 7) is 0. The highest BCUT2D eigenvalue weighted by atomic mass is 32.2. The van der Waals surface area contributed by atoms with Gasteiger partial charge in [-0.1, -0.05) is 19.3 Å². The zero-order chi connectivity index (χ0) is 18.2. The Bertz CT molecular complexity index is 826. The average Bonchev–Trinajstić information content (AvgIpc) is 2.79. The number of imide groups is 1. The lowest BCUT2D eigenvalue weighted by Gasteiger charge is -2.30. The van der Waals surface area contributed by atoms with Crippen LogP contribution in [0.4, 0.5) is 4.79 Å². The first-order valence-corrected chi connectivity index (χ1v) is 9.90. The Kier molecular flexibility index (Phi) is 4.28. The summed E-state index contributed by atoms with van der Waals surface area (Å²) in [6, 6.07) is 4.63. The van der Waals surface area contributed by atoms with Gasteiger partial charge in [0.05, 0.1) is 4.90 Å². The molecular weight excluding hydrogens is 346 g/mol. The van der Waals surface area contributed by atoms with Crippen LogP contribution in [0.3, 0.4) is 0 Å². The summed E-state index contributed by atoms with van der Waals surface area (Å²) in [7, 11) is -3.36. The van der Waals surface area contributed by atoms with Gasteiger partial charge in [0.25, 0.3) is 11.8 Å². The van der Waals surface area contributed by atoms with Crippen molar-refractivity contribution in [3.8, 4) is 0 Å². The van der Waals surface area contributed by atoms with E-state index in [2.05, 4.69) is 10.7 Å². The quantitative estimate of drug-likeness (QED) is 0.776. The second-order valence-electron chi connectivity index (χ2n) is 6.45. The Morgan fingerprint density at radius 1 is 1.12 bits per heavy atom. The minimum atomic E-state index is -3.36. The number of carbonyl (C=O) groups excluding carboxylic acids is 3. The molecule has 2 fully saturated rings. The van der Waals surface area contributed by atoms with E-state index in [0.29, 0.717) is 12.8 Å². The van der Waals surface area contributed by atoms with Gasteiger partial charge in [-0.15, -0.1) is 0 Å². The third-order valence-electron chi connectivity index (χ3n) is 4.63. The van der Waals surface area contributed by atoms with Gasteiger partial charge in [0.1, 0.15) is 5.54 Å². The number of nitrogens with zero attached hydrogens (tertiary/aromatic N) is 1. The molecular formula is C16H19N3O5S. The summed E-state index contributed by atoms with van der Waals surface area (Å²) in [6.07, 6.45) is 4.91. The zero-order valence-corrected chi connectivity index (χ0v) is 14.6. The van der Waals surface area contributed by atoms with Crippen LogP contribution in [0, 0.1) is 0 Å². The molecule has 1 heterocycles. The van der Waals surface area contributed by atoms with E-state index < -0.39 is 33.2 Å². The van der Waals surface area contributed by atoms with Gasteiger partial charge in [0, 0.05) is 11.8 Å². The average molecular weight is 365 g/mol. The summed E-state index contributed by atoms with van der Waals surface area (Å²) in [5, 5.41) is 3.42. The van der Waals surface area contributed by atoms with Gasteiger partial charge < -0.3 is 5.32 Å². The van der Waals surface area contributed by atoms with Gasteiger partial charge >= 0.3 is 6.03 Å². The number of amides is 4. The fourth-order valence-electron chi connectivity index (χ4n) is 3.24. The van der Waals surface area contributed by atoms with Crippen molar-refractivity contribution in [2.45, 2.75) is 42.5 Å². The van der Waals surface area contributed by atoms with Crippen LogP contribution in [-0.2, 0) is 14.6 Å². The van der Waals surface area contributed by atoms with E-state index in [1.807, 2.05) is 0 Å². The van der Waals surface area contributed by atoms with E-state index >= 15 is 0 Å². The van der Waals surface area contributed by atoms with Crippen molar-refractivity contribution < 1.29 is 22.8 Å². The van der Waals surface area contributed by atoms with E-state index in [1.165, 1.54) is 24.3 Å². The maximum atomic E-state index is 12.6. The van der Waals surface area contributed by atoms with Crippen molar-refractivity contribution in [1.82, 2.24) is 15.8 Å². The normalized spacial score (nSPS) is 19.8. The summed E-state index contributed by atoms with van der Waals surface area (Å²) < 4.78 is 22.9. The van der Waals surface area contributed by atoms with Crippen molar-refractivity contribution in [3.63, 3.8) is 0 Å². The van der Waals surface area contributed by atoms with Gasteiger partial charge in [-0.3, -0.25) is 15.0 Å². The third kappa shape index (κ3) is 3.23. The maximum absolute atomic E-state index is 12.6. The number of hydrogen-bond donors (Lipinski definition) is 2. The smallest absolute Gasteiger partial charge is 0.322 e. The van der Waals surface area contributed by atoms with Crippen molar-refractivity contribution >= 4 is 27.7 Å². The molecule has 2 N–H and O–H groups in total. The van der Waals surface area contributed by atoms with E-state index in [1.54, 1.807) is 0 Å². The molecule has 0 radical (unpaired) electrons. The first kappa shape index (κ1) is 17.4. The van der Waals surface area contributed by atoms with E-state index in [0.717, 1.165) is 30.5 Å². The van der Waals surface area contributed by atoms with Crippen molar-refractivity contribution in [2.75, 3.05) is 6.26 Å². The molecule has 1 spiro atoms. The zero-order valence-electron chi connectivity index (χ0n) is 13.7. The molecule has 1 aliphatic heterocycles. The lowest BCUT2D eigenvalue weighted by Crippen LogP contribution is -2.50. The number of nitrogens with one attached hydrogen (secondary N) is 2. The number of rotatable bonds is 3. The second-order valence-corrected chi connectivity index (χ2v) is 8.47. The first-order valence-electron chi connectivity index (χ1n) is 8.01. The number of urea groups is 1. The number of benzene rings is 1. The van der Waals surface area contributed by atoms with Crippen LogP contribution in [-0.4, -0.2) is 43.1 Å². The highest BCUT2D eigenvalue weighted by molar-refractivity contribution is 7.90. The molecule has 2 aliphatic rings. The molecule has 0 bridgehead atoms. The van der Waals surface area contributed by atoms with E-state index in [-0.39, 0.29) is 10.5 Å². The fourth-order valence-corrected chi connectivity index (χ4v) is 3.87. The molecule has 8 nitrogen and oxygen atoms in total. The van der Waals surface area contributed by atoms with Crippen LogP contribution in [0.5, 0.6) is 0 Å². The van der Waals surface area contributed by atoms with Gasteiger partial charge in [0.2, 0.25) is 0 Å². The highest BCUT2D eigenvalue weighted by Gasteiger charge is 2.52. The van der Waals surface area contributed by atoms with E-state index in [9.17, 15) is 22.8 Å². The van der Waals surface area contributed by atoms with Crippen molar-refractivity contribution in [3.05, 3.63) is 29.8 Å². The topological polar surface area (TPSA) is 113 Å². The minimum absolute atomic E-state index is 0.0835. The van der Waals surface area contributed by atoms with Crippen LogP contribution in [0.15, 0.2) is 29.2 Å². The predicted molar refractivity (Wildman–Crippen MR) is 88.2 cm³/mol. The Morgan fingerprint density at radius 3 is 2.28 bits per heavy atom. The lowest BCUT2D eigenvalue weighted by molar-refractivity contribution is -0.134. The fraction of sp³-hybridized carbons (Fsp3) is 0.438. The molecule has 1 aromatic carbocycles. The highest BCUT2D eigenvalue weighted by Crippen LogP contribution is 2.33. The monoisotopic (exact) mass is 365 g/mol. The summed E-state index contributed by atoms with van der Waals surface area (Å²) >= 11 is 0. The number of hydrogen-bond acceptors (Lipinski definition) is 5. The number of carbonyl (C=O) groups is 3. The van der Waals surface area contributed by atoms with Crippen LogP contribution in [0.1, 0.15) is 42.5 Å². The molecule has 9 heteroatoms. The minimum Gasteiger partial charge on any atom is -0.322 e. The van der Waals surface area contributed by atoms with Crippen molar-refractivity contribution in [1.29, 1.82) is 0 Å². The molecule has 1 saturated carbocycles. The second kappa shape index (κ2) is 6.14. The van der Waals surface area contributed by atoms with Crippen LogP contribution in [0.25, 0.3) is 0 Å². The Labute approximate surface area is 145 Å². The SMILES string of the molecule is CS(=O)(=O)c1ccc(C(=O)NN2C(=O)NC3(CCCCC3)C2=O)cc1. The molecule has 0 aromatic heterocycles. The van der Waals surface area contributed by atoms with Crippen LogP contribution in [0.2, 0.25) is 0 Å². The predicted octanol–water partition coefficient (Wildman–Crippen LogP) is 0.990.